The number of hydrogen-bond donors (Lipinski definition) is 1. The molecule has 0 heterocycles. The molecule has 0 aliphatic heterocycles. The summed E-state index contributed by atoms with van der Waals surface area (Å²) in [6.45, 7) is 2.15. The van der Waals surface area contributed by atoms with Crippen LogP contribution < -0.4 is 5.32 Å². The number of rotatable bonds is 6. The van der Waals surface area contributed by atoms with Crippen molar-refractivity contribution in [3.05, 3.63) is 69.2 Å². The molecule has 128 valence electrons. The van der Waals surface area contributed by atoms with E-state index in [1.165, 1.54) is 11.6 Å². The Labute approximate surface area is 157 Å². The largest absolute Gasteiger partial charge is 0.321 e. The number of carbonyl (C=O) groups is 1. The van der Waals surface area contributed by atoms with Crippen molar-refractivity contribution in [1.82, 2.24) is 0 Å². The molecule has 2 rings (SSSR count). The van der Waals surface area contributed by atoms with Gasteiger partial charge >= 0.3 is 0 Å². The van der Waals surface area contributed by atoms with Gasteiger partial charge in [0.15, 0.2) is 0 Å². The van der Waals surface area contributed by atoms with Crippen LogP contribution in [0.3, 0.4) is 0 Å². The molecule has 0 aliphatic rings. The zero-order valence-electron chi connectivity index (χ0n) is 13.9. The van der Waals surface area contributed by atoms with Crippen LogP contribution in [0.4, 0.5) is 5.69 Å². The van der Waals surface area contributed by atoms with Crippen molar-refractivity contribution in [2.45, 2.75) is 26.2 Å². The normalized spacial score (nSPS) is 11.0. The van der Waals surface area contributed by atoms with E-state index in [0.29, 0.717) is 21.3 Å². The minimum Gasteiger partial charge on any atom is -0.321 e. The number of nitrogens with one attached hydrogen (secondary N) is 1. The summed E-state index contributed by atoms with van der Waals surface area (Å²) in [4.78, 5) is 12.3. The van der Waals surface area contributed by atoms with E-state index < -0.39 is 5.91 Å². The quantitative estimate of drug-likeness (QED) is 0.508. The molecule has 0 radical (unpaired) electrons. The molecule has 0 aliphatic carbocycles. The second-order valence-corrected chi connectivity index (χ2v) is 6.41. The van der Waals surface area contributed by atoms with E-state index in [4.69, 9.17) is 23.2 Å². The monoisotopic (exact) mass is 372 g/mol. The average Bonchev–Trinajstić information content (AvgIpc) is 2.62. The lowest BCUT2D eigenvalue weighted by Gasteiger charge is -2.06. The van der Waals surface area contributed by atoms with Crippen LogP contribution in [0.15, 0.2) is 48.0 Å². The van der Waals surface area contributed by atoms with Crippen LogP contribution in [0.25, 0.3) is 6.08 Å². The maximum Gasteiger partial charge on any atom is 0.266 e. The van der Waals surface area contributed by atoms with E-state index >= 15 is 0 Å². The fourth-order valence-corrected chi connectivity index (χ4v) is 2.56. The molecule has 2 aromatic carbocycles. The van der Waals surface area contributed by atoms with E-state index in [1.54, 1.807) is 18.2 Å². The highest BCUT2D eigenvalue weighted by molar-refractivity contribution is 6.42. The molecule has 0 saturated heterocycles. The molecule has 0 saturated carbocycles. The molecule has 0 aromatic heterocycles. The number of unbranched alkanes of at least 4 members (excludes halogenated alkanes) is 1. The Balaban J connectivity index is 2.10. The number of amides is 1. The third kappa shape index (κ3) is 5.63. The zero-order chi connectivity index (χ0) is 18.2. The van der Waals surface area contributed by atoms with Gasteiger partial charge in [-0.1, -0.05) is 54.7 Å². The predicted octanol–water partition coefficient (Wildman–Crippen LogP) is 5.88. The lowest BCUT2D eigenvalue weighted by molar-refractivity contribution is -0.112. The summed E-state index contributed by atoms with van der Waals surface area (Å²) >= 11 is 11.8. The van der Waals surface area contributed by atoms with Crippen molar-refractivity contribution in [3.8, 4) is 6.07 Å². The van der Waals surface area contributed by atoms with Gasteiger partial charge in [-0.15, -0.1) is 0 Å². The Hall–Kier alpha value is -2.28. The standard InChI is InChI=1S/C20H18Cl2N2O/c1-2-3-4-14-5-8-17(9-6-14)24-20(25)16(13-23)11-15-7-10-18(21)19(22)12-15/h5-12H,2-4H2,1H3,(H,24,25)/b16-11+. The van der Waals surface area contributed by atoms with E-state index in [2.05, 4.69) is 12.2 Å². The van der Waals surface area contributed by atoms with Crippen molar-refractivity contribution < 1.29 is 4.79 Å². The smallest absolute Gasteiger partial charge is 0.266 e. The Morgan fingerprint density at radius 1 is 1.16 bits per heavy atom. The lowest BCUT2D eigenvalue weighted by atomic mass is 10.1. The first-order valence-electron chi connectivity index (χ1n) is 8.00. The van der Waals surface area contributed by atoms with Crippen LogP contribution in [0, 0.1) is 11.3 Å². The number of benzene rings is 2. The molecular formula is C20H18Cl2N2O. The highest BCUT2D eigenvalue weighted by Crippen LogP contribution is 2.24. The van der Waals surface area contributed by atoms with Crippen LogP contribution >= 0.6 is 23.2 Å². The second-order valence-electron chi connectivity index (χ2n) is 5.60. The molecule has 1 amide bonds. The highest BCUT2D eigenvalue weighted by atomic mass is 35.5. The van der Waals surface area contributed by atoms with Crippen LogP contribution in [0.5, 0.6) is 0 Å². The second kappa shape index (κ2) is 9.27. The minimum absolute atomic E-state index is 0.00607. The lowest BCUT2D eigenvalue weighted by Crippen LogP contribution is -2.13. The Bertz CT molecular complexity index is 821. The number of carbonyl (C=O) groups excluding carboxylic acids is 1. The Morgan fingerprint density at radius 2 is 1.88 bits per heavy atom. The Morgan fingerprint density at radius 3 is 2.48 bits per heavy atom. The summed E-state index contributed by atoms with van der Waals surface area (Å²) < 4.78 is 0. The summed E-state index contributed by atoms with van der Waals surface area (Å²) in [5, 5.41) is 12.8. The number of halogens is 2. The zero-order valence-corrected chi connectivity index (χ0v) is 15.4. The number of nitrogens with zero attached hydrogens (tertiary/aromatic N) is 1. The van der Waals surface area contributed by atoms with Crippen molar-refractivity contribution in [3.63, 3.8) is 0 Å². The molecule has 1 N–H and O–H groups in total. The average molecular weight is 373 g/mol. The van der Waals surface area contributed by atoms with Gasteiger partial charge < -0.3 is 5.32 Å². The maximum atomic E-state index is 12.3. The molecule has 5 heteroatoms. The summed E-state index contributed by atoms with van der Waals surface area (Å²) in [7, 11) is 0. The molecular weight excluding hydrogens is 355 g/mol. The summed E-state index contributed by atoms with van der Waals surface area (Å²) in [6, 6.07) is 14.5. The van der Waals surface area contributed by atoms with E-state index in [-0.39, 0.29) is 5.57 Å². The fraction of sp³-hybridized carbons (Fsp3) is 0.200. The van der Waals surface area contributed by atoms with Crippen molar-refractivity contribution in [2.75, 3.05) is 5.32 Å². The van der Waals surface area contributed by atoms with Gasteiger partial charge in [-0.2, -0.15) is 5.26 Å². The molecule has 0 bridgehead atoms. The number of anilines is 1. The van der Waals surface area contributed by atoms with Crippen LogP contribution in [0.2, 0.25) is 10.0 Å². The van der Waals surface area contributed by atoms with Crippen LogP contribution in [-0.2, 0) is 11.2 Å². The molecule has 0 spiro atoms. The van der Waals surface area contributed by atoms with Gasteiger partial charge in [-0.3, -0.25) is 4.79 Å². The van der Waals surface area contributed by atoms with Gasteiger partial charge in [-0.05, 0) is 54.3 Å². The van der Waals surface area contributed by atoms with Gasteiger partial charge in [0.25, 0.3) is 5.91 Å². The number of nitriles is 1. The molecule has 0 unspecified atom stereocenters. The molecule has 25 heavy (non-hydrogen) atoms. The SMILES string of the molecule is CCCCc1ccc(NC(=O)/C(C#N)=C/c2ccc(Cl)c(Cl)c2)cc1. The summed E-state index contributed by atoms with van der Waals surface area (Å²) in [5.41, 5.74) is 2.51. The fourth-order valence-electron chi connectivity index (χ4n) is 2.25. The third-order valence-corrected chi connectivity index (χ3v) is 4.39. The molecule has 0 atom stereocenters. The number of aryl methyl sites for hydroxylation is 1. The third-order valence-electron chi connectivity index (χ3n) is 3.65. The van der Waals surface area contributed by atoms with Crippen molar-refractivity contribution in [1.29, 1.82) is 5.26 Å². The predicted molar refractivity (Wildman–Crippen MR) is 104 cm³/mol. The topological polar surface area (TPSA) is 52.9 Å². The van der Waals surface area contributed by atoms with E-state index in [0.717, 1.165) is 19.3 Å². The first-order valence-corrected chi connectivity index (χ1v) is 8.76. The summed E-state index contributed by atoms with van der Waals surface area (Å²) in [6.07, 6.45) is 4.78. The van der Waals surface area contributed by atoms with E-state index in [9.17, 15) is 10.1 Å². The van der Waals surface area contributed by atoms with Crippen molar-refractivity contribution >= 4 is 40.9 Å². The number of hydrogen-bond acceptors (Lipinski definition) is 2. The molecule has 0 fully saturated rings. The van der Waals surface area contributed by atoms with Crippen LogP contribution in [-0.4, -0.2) is 5.91 Å². The highest BCUT2D eigenvalue weighted by Gasteiger charge is 2.10. The van der Waals surface area contributed by atoms with Gasteiger partial charge in [0.1, 0.15) is 11.6 Å². The summed E-state index contributed by atoms with van der Waals surface area (Å²) in [5.74, 6) is -0.463. The van der Waals surface area contributed by atoms with Crippen molar-refractivity contribution in [2.24, 2.45) is 0 Å². The van der Waals surface area contributed by atoms with Gasteiger partial charge in [-0.25, -0.2) is 0 Å². The Kier molecular flexibility index (Phi) is 7.06. The first kappa shape index (κ1) is 19.1. The first-order chi connectivity index (χ1) is 12.0. The minimum atomic E-state index is -0.463. The van der Waals surface area contributed by atoms with Gasteiger partial charge in [0, 0.05) is 5.69 Å². The van der Waals surface area contributed by atoms with E-state index in [1.807, 2.05) is 30.3 Å². The van der Waals surface area contributed by atoms with Crippen LogP contribution in [0.1, 0.15) is 30.9 Å². The molecule has 2 aromatic rings. The van der Waals surface area contributed by atoms with Gasteiger partial charge in [0.2, 0.25) is 0 Å². The maximum absolute atomic E-state index is 12.3. The van der Waals surface area contributed by atoms with Gasteiger partial charge in [0.05, 0.1) is 10.0 Å². The molecule has 3 nitrogen and oxygen atoms in total.